The van der Waals surface area contributed by atoms with Gasteiger partial charge in [-0.2, -0.15) is 0 Å². The Bertz CT molecular complexity index is 1100. The Labute approximate surface area is 190 Å². The van der Waals surface area contributed by atoms with Crippen molar-refractivity contribution in [2.24, 2.45) is 0 Å². The van der Waals surface area contributed by atoms with Gasteiger partial charge in [-0.05, 0) is 66.1 Å². The minimum Gasteiger partial charge on any atom is -0.478 e. The van der Waals surface area contributed by atoms with Crippen LogP contribution in [0.15, 0.2) is 48.5 Å². The van der Waals surface area contributed by atoms with Crippen LogP contribution in [0.1, 0.15) is 59.7 Å². The molecule has 0 fully saturated rings. The third-order valence-corrected chi connectivity index (χ3v) is 5.76. The largest absolute Gasteiger partial charge is 0.478 e. The van der Waals surface area contributed by atoms with Crippen molar-refractivity contribution in [1.82, 2.24) is 0 Å². The molecule has 0 radical (unpaired) electrons. The second kappa shape index (κ2) is 11.1. The average Bonchev–Trinajstić information content (AvgIpc) is 2.79. The van der Waals surface area contributed by atoms with Crippen LogP contribution in [0.25, 0.3) is 11.1 Å². The van der Waals surface area contributed by atoms with E-state index < -0.39 is 34.8 Å². The fourth-order valence-electron chi connectivity index (χ4n) is 3.91. The van der Waals surface area contributed by atoms with Gasteiger partial charge in [-0.3, -0.25) is 0 Å². The summed E-state index contributed by atoms with van der Waals surface area (Å²) < 4.78 is 56.1. The molecule has 33 heavy (non-hydrogen) atoms. The number of carbonyl (C=O) groups is 1. The van der Waals surface area contributed by atoms with Gasteiger partial charge in [-0.25, -0.2) is 22.4 Å². The van der Waals surface area contributed by atoms with E-state index in [1.165, 1.54) is 30.9 Å². The maximum Gasteiger partial charge on any atom is 0.338 e. The van der Waals surface area contributed by atoms with Gasteiger partial charge in [0.2, 0.25) is 0 Å². The molecule has 3 aromatic rings. The van der Waals surface area contributed by atoms with Crippen LogP contribution in [0.2, 0.25) is 0 Å². The molecular weight excluding hydrogens is 432 g/mol. The molecule has 0 aliphatic carbocycles. The van der Waals surface area contributed by atoms with E-state index in [0.29, 0.717) is 30.5 Å². The number of hydrogen-bond acceptors (Lipinski definition) is 1. The Hall–Kier alpha value is -3.15. The van der Waals surface area contributed by atoms with Gasteiger partial charge in [0.25, 0.3) is 0 Å². The highest BCUT2D eigenvalue weighted by molar-refractivity contribution is 5.90. The average molecular weight is 458 g/mol. The molecule has 0 atom stereocenters. The van der Waals surface area contributed by atoms with Crippen molar-refractivity contribution in [3.05, 3.63) is 94.1 Å². The molecule has 1 N–H and O–H groups in total. The summed E-state index contributed by atoms with van der Waals surface area (Å²) in [6.07, 6.45) is 6.57. The molecule has 0 spiro atoms. The lowest BCUT2D eigenvalue weighted by Gasteiger charge is -2.14. The van der Waals surface area contributed by atoms with Crippen LogP contribution >= 0.6 is 0 Å². The molecule has 0 bridgehead atoms. The zero-order valence-electron chi connectivity index (χ0n) is 18.4. The Kier molecular flexibility index (Phi) is 8.26. The molecule has 2 nitrogen and oxygen atoms in total. The van der Waals surface area contributed by atoms with Crippen LogP contribution in [-0.4, -0.2) is 11.1 Å². The molecule has 3 rings (SSSR count). The minimum absolute atomic E-state index is 0.236. The van der Waals surface area contributed by atoms with Gasteiger partial charge >= 0.3 is 5.97 Å². The molecule has 3 aromatic carbocycles. The lowest BCUT2D eigenvalue weighted by Crippen LogP contribution is -2.06. The van der Waals surface area contributed by atoms with E-state index in [1.807, 2.05) is 12.1 Å². The second-order valence-electron chi connectivity index (χ2n) is 8.15. The van der Waals surface area contributed by atoms with E-state index in [9.17, 15) is 23.1 Å². The molecule has 174 valence electrons. The molecule has 0 unspecified atom stereocenters. The van der Waals surface area contributed by atoms with Crippen LogP contribution in [0.3, 0.4) is 0 Å². The summed E-state index contributed by atoms with van der Waals surface area (Å²) in [5.74, 6) is -7.20. The fraction of sp³-hybridized carbons (Fsp3) is 0.296. The van der Waals surface area contributed by atoms with E-state index in [4.69, 9.17) is 0 Å². The Balaban J connectivity index is 1.85. The zero-order chi connectivity index (χ0) is 24.0. The molecule has 0 saturated heterocycles. The van der Waals surface area contributed by atoms with E-state index in [1.54, 1.807) is 0 Å². The van der Waals surface area contributed by atoms with Crippen LogP contribution in [0, 0.1) is 23.3 Å². The fourth-order valence-corrected chi connectivity index (χ4v) is 3.91. The number of aromatic carboxylic acids is 1. The lowest BCUT2D eigenvalue weighted by molar-refractivity contribution is 0.0692. The topological polar surface area (TPSA) is 37.3 Å². The van der Waals surface area contributed by atoms with Gasteiger partial charge in [-0.1, -0.05) is 56.5 Å². The number of aryl methyl sites for hydroxylation is 3. The molecule has 0 heterocycles. The standard InChI is InChI=1S/C27H26F4O2/c1-2-3-4-5-6-17-7-9-18(10-8-17)11-12-19-13-14-21(27(32)33)25(30)24(19)20-15-22(28)26(31)23(29)16-20/h7-10,13-16H,2-6,11-12H2,1H3,(H,32,33). The minimum atomic E-state index is -1.66. The number of benzene rings is 3. The van der Waals surface area contributed by atoms with E-state index >= 15 is 4.39 Å². The first-order chi connectivity index (χ1) is 15.8. The number of halogens is 4. The smallest absolute Gasteiger partial charge is 0.338 e. The van der Waals surface area contributed by atoms with Crippen molar-refractivity contribution in [2.75, 3.05) is 0 Å². The highest BCUT2D eigenvalue weighted by atomic mass is 19.2. The molecule has 0 aromatic heterocycles. The Morgan fingerprint density at radius 3 is 1.94 bits per heavy atom. The van der Waals surface area contributed by atoms with Crippen molar-refractivity contribution >= 4 is 5.97 Å². The monoisotopic (exact) mass is 458 g/mol. The number of carboxylic acid groups (broad SMARTS) is 1. The third-order valence-electron chi connectivity index (χ3n) is 5.76. The van der Waals surface area contributed by atoms with Gasteiger partial charge in [0.1, 0.15) is 5.82 Å². The van der Waals surface area contributed by atoms with Crippen molar-refractivity contribution in [3.8, 4) is 11.1 Å². The third kappa shape index (κ3) is 6.01. The van der Waals surface area contributed by atoms with Crippen LogP contribution in [0.5, 0.6) is 0 Å². The van der Waals surface area contributed by atoms with Gasteiger partial charge in [0.05, 0.1) is 5.56 Å². The first-order valence-electron chi connectivity index (χ1n) is 11.1. The molecule has 0 amide bonds. The molecular formula is C27H26F4O2. The summed E-state index contributed by atoms with van der Waals surface area (Å²) in [7, 11) is 0. The van der Waals surface area contributed by atoms with Crippen LogP contribution in [-0.2, 0) is 19.3 Å². The maximum absolute atomic E-state index is 15.1. The summed E-state index contributed by atoms with van der Waals surface area (Å²) in [6, 6.07) is 12.0. The number of rotatable bonds is 10. The maximum atomic E-state index is 15.1. The first-order valence-corrected chi connectivity index (χ1v) is 11.1. The Morgan fingerprint density at radius 1 is 0.758 bits per heavy atom. The summed E-state index contributed by atoms with van der Waals surface area (Å²) in [5, 5.41) is 9.26. The predicted molar refractivity (Wildman–Crippen MR) is 120 cm³/mol. The molecule has 6 heteroatoms. The van der Waals surface area contributed by atoms with Gasteiger partial charge in [-0.15, -0.1) is 0 Å². The Morgan fingerprint density at radius 2 is 1.36 bits per heavy atom. The van der Waals surface area contributed by atoms with Crippen molar-refractivity contribution in [1.29, 1.82) is 0 Å². The van der Waals surface area contributed by atoms with Crippen LogP contribution in [0.4, 0.5) is 17.6 Å². The highest BCUT2D eigenvalue weighted by Gasteiger charge is 2.21. The summed E-state index contributed by atoms with van der Waals surface area (Å²) >= 11 is 0. The predicted octanol–water partition coefficient (Wildman–Crippen LogP) is 7.52. The summed E-state index contributed by atoms with van der Waals surface area (Å²) in [4.78, 5) is 11.4. The van der Waals surface area contributed by atoms with Gasteiger partial charge in [0.15, 0.2) is 17.5 Å². The van der Waals surface area contributed by atoms with Crippen molar-refractivity contribution in [2.45, 2.75) is 51.9 Å². The normalized spacial score (nSPS) is 11.1. The lowest BCUT2D eigenvalue weighted by atomic mass is 9.92. The first kappa shape index (κ1) is 24.5. The summed E-state index contributed by atoms with van der Waals surface area (Å²) in [5.41, 5.74) is 1.52. The summed E-state index contributed by atoms with van der Waals surface area (Å²) in [6.45, 7) is 2.17. The molecule has 0 saturated carbocycles. The van der Waals surface area contributed by atoms with Crippen molar-refractivity contribution < 1.29 is 27.5 Å². The van der Waals surface area contributed by atoms with Gasteiger partial charge in [0, 0.05) is 5.56 Å². The quantitative estimate of drug-likeness (QED) is 0.194. The number of carboxylic acids is 1. The highest BCUT2D eigenvalue weighted by Crippen LogP contribution is 2.32. The van der Waals surface area contributed by atoms with E-state index in [2.05, 4.69) is 19.1 Å². The van der Waals surface area contributed by atoms with Crippen LogP contribution < -0.4 is 0 Å². The van der Waals surface area contributed by atoms with E-state index in [0.717, 1.165) is 24.5 Å². The molecule has 0 aliphatic heterocycles. The van der Waals surface area contributed by atoms with E-state index in [-0.39, 0.29) is 11.1 Å². The zero-order valence-corrected chi connectivity index (χ0v) is 18.4. The SMILES string of the molecule is CCCCCCc1ccc(CCc2ccc(C(=O)O)c(F)c2-c2cc(F)c(F)c(F)c2)cc1. The number of unbranched alkanes of at least 4 members (excludes halogenated alkanes) is 3. The second-order valence-corrected chi connectivity index (χ2v) is 8.15. The molecule has 0 aliphatic rings. The van der Waals surface area contributed by atoms with Gasteiger partial charge < -0.3 is 5.11 Å². The van der Waals surface area contributed by atoms with Crippen molar-refractivity contribution in [3.63, 3.8) is 0 Å². The number of hydrogen-bond donors (Lipinski definition) is 1.